The van der Waals surface area contributed by atoms with Crippen LogP contribution in [0, 0.1) is 12.1 Å². The molecule has 48 heavy (non-hydrogen) atoms. The summed E-state index contributed by atoms with van der Waals surface area (Å²) < 4.78 is 6.20. The van der Waals surface area contributed by atoms with E-state index in [1.807, 2.05) is 72.9 Å². The Labute approximate surface area is 297 Å². The summed E-state index contributed by atoms with van der Waals surface area (Å²) in [6.45, 7) is 15.4. The number of aromatic nitrogens is 4. The van der Waals surface area contributed by atoms with Crippen molar-refractivity contribution in [2.45, 2.75) is 65.7 Å². The van der Waals surface area contributed by atoms with E-state index in [1.165, 1.54) is 16.7 Å². The maximum atomic E-state index is 6.20. The number of rotatable bonds is 5. The van der Waals surface area contributed by atoms with Crippen molar-refractivity contribution in [3.05, 3.63) is 132 Å². The molecule has 3 heterocycles. The van der Waals surface area contributed by atoms with Gasteiger partial charge in [0.1, 0.15) is 11.9 Å². The number of hydrogen-bond acceptors (Lipinski definition) is 5. The van der Waals surface area contributed by atoms with Gasteiger partial charge in [0.15, 0.2) is 0 Å². The zero-order valence-corrected chi connectivity index (χ0v) is 30.9. The van der Waals surface area contributed by atoms with Crippen molar-refractivity contribution in [3.63, 3.8) is 0 Å². The van der Waals surface area contributed by atoms with Crippen molar-refractivity contribution in [2.75, 3.05) is 0 Å². The Morgan fingerprint density at radius 3 is 2.10 bits per heavy atom. The summed E-state index contributed by atoms with van der Waals surface area (Å²) in [4.78, 5) is 18.2. The number of nitrogens with zero attached hydrogens (tertiary/aromatic N) is 4. The molecule has 0 amide bonds. The number of para-hydroxylation sites is 1. The van der Waals surface area contributed by atoms with Gasteiger partial charge < -0.3 is 4.42 Å². The fourth-order valence-electron chi connectivity index (χ4n) is 5.79. The van der Waals surface area contributed by atoms with Gasteiger partial charge in [0, 0.05) is 48.4 Å². The molecule has 0 atom stereocenters. The van der Waals surface area contributed by atoms with Crippen LogP contribution in [0.1, 0.15) is 77.1 Å². The van der Waals surface area contributed by atoms with Gasteiger partial charge in [0.2, 0.25) is 0 Å². The molecule has 0 aliphatic carbocycles. The Hall–Kier alpha value is -4.51. The Bertz CT molecular complexity index is 2120. The van der Waals surface area contributed by atoms with Crippen LogP contribution in [-0.4, -0.2) is 19.9 Å². The van der Waals surface area contributed by atoms with Gasteiger partial charge >= 0.3 is 0 Å². The molecule has 3 aromatic heterocycles. The number of benzene rings is 4. The summed E-state index contributed by atoms with van der Waals surface area (Å²) in [6.07, 6.45) is 3.46. The van der Waals surface area contributed by atoms with Crippen LogP contribution >= 0.6 is 0 Å². The molecular formula is C42H40IrN4O-2. The summed E-state index contributed by atoms with van der Waals surface area (Å²) in [5.41, 5.74) is 10.3. The molecule has 0 N–H and O–H groups in total. The van der Waals surface area contributed by atoms with E-state index in [9.17, 15) is 0 Å². The van der Waals surface area contributed by atoms with Gasteiger partial charge in [0.25, 0.3) is 0 Å². The quantitative estimate of drug-likeness (QED) is 0.162. The second kappa shape index (κ2) is 14.7. The summed E-state index contributed by atoms with van der Waals surface area (Å²) in [6, 6.07) is 37.0. The number of fused-ring (bicyclic) bond motifs is 3. The molecule has 0 bridgehead atoms. The van der Waals surface area contributed by atoms with E-state index in [0.717, 1.165) is 50.1 Å². The standard InChI is InChI=1S/C28H25N2O.C14H15N2.Ir/c1-17(2)19-10-7-11-20(18(3)4)26(19)24-15-16-29-28(30-24)23-13-8-12-22-21-9-5-6-14-25(21)31-27(22)23;1-14(2,3)13-9-12(15-10-16-13)11-7-5-4-6-8-11;/h5-12,14-18H,1-4H3;4-7,9-10H,1-3H3;/q2*-1;. The predicted molar refractivity (Wildman–Crippen MR) is 192 cm³/mol. The van der Waals surface area contributed by atoms with Gasteiger partial charge in [-0.05, 0) is 40.8 Å². The minimum atomic E-state index is 0. The second-order valence-electron chi connectivity index (χ2n) is 13.4. The largest absolute Gasteiger partial charge is 0.501 e. The molecule has 5 nitrogen and oxygen atoms in total. The molecule has 4 aromatic carbocycles. The Morgan fingerprint density at radius 1 is 0.688 bits per heavy atom. The fourth-order valence-corrected chi connectivity index (χ4v) is 5.79. The molecule has 7 aromatic rings. The van der Waals surface area contributed by atoms with Gasteiger partial charge in [-0.2, -0.15) is 0 Å². The molecule has 0 aliphatic heterocycles. The van der Waals surface area contributed by atoms with Crippen LogP contribution in [0.3, 0.4) is 0 Å². The van der Waals surface area contributed by atoms with Crippen LogP contribution in [0.25, 0.3) is 55.8 Å². The zero-order chi connectivity index (χ0) is 33.1. The first kappa shape index (κ1) is 34.8. The minimum absolute atomic E-state index is 0. The average Bonchev–Trinajstić information content (AvgIpc) is 3.47. The Balaban J connectivity index is 0.000000224. The molecule has 0 saturated heterocycles. The third-order valence-corrected chi connectivity index (χ3v) is 8.27. The maximum absolute atomic E-state index is 6.20. The van der Waals surface area contributed by atoms with E-state index >= 15 is 0 Å². The van der Waals surface area contributed by atoms with Crippen LogP contribution in [0.5, 0.6) is 0 Å². The monoisotopic (exact) mass is 809 g/mol. The van der Waals surface area contributed by atoms with Gasteiger partial charge in [-0.25, -0.2) is 4.98 Å². The minimum Gasteiger partial charge on any atom is -0.501 e. The first-order valence-corrected chi connectivity index (χ1v) is 16.2. The SMILES string of the molecule is CC(C)(C)c1cc(-c2[c-]cccc2)ncn1.CC(C)c1cccc(C(C)C)c1-c1ccnc(-c2[c-]ccc3c2oc2ccccc23)n1.[Ir]. The molecule has 6 heteroatoms. The molecule has 0 saturated carbocycles. The summed E-state index contributed by atoms with van der Waals surface area (Å²) in [5, 5.41) is 2.15. The number of furan rings is 1. The Kier molecular flexibility index (Phi) is 10.7. The molecule has 0 fully saturated rings. The smallest absolute Gasteiger partial charge is 0.120 e. The van der Waals surface area contributed by atoms with E-state index in [0.29, 0.717) is 17.7 Å². The molecule has 1 radical (unpaired) electrons. The molecule has 7 rings (SSSR count). The summed E-state index contributed by atoms with van der Waals surface area (Å²) >= 11 is 0. The van der Waals surface area contributed by atoms with Gasteiger partial charge in [-0.3, -0.25) is 15.0 Å². The topological polar surface area (TPSA) is 64.7 Å². The van der Waals surface area contributed by atoms with Gasteiger partial charge in [-0.1, -0.05) is 102 Å². The van der Waals surface area contributed by atoms with Crippen molar-refractivity contribution in [2.24, 2.45) is 0 Å². The first-order valence-electron chi connectivity index (χ1n) is 16.2. The van der Waals surface area contributed by atoms with Gasteiger partial charge in [0.05, 0.1) is 17.1 Å². The molecule has 0 spiro atoms. The van der Waals surface area contributed by atoms with Crippen molar-refractivity contribution < 1.29 is 24.5 Å². The maximum Gasteiger partial charge on any atom is 0.120 e. The van der Waals surface area contributed by atoms with Crippen molar-refractivity contribution >= 4 is 21.9 Å². The van der Waals surface area contributed by atoms with E-state index < -0.39 is 0 Å². The van der Waals surface area contributed by atoms with E-state index in [4.69, 9.17) is 9.40 Å². The molecule has 245 valence electrons. The summed E-state index contributed by atoms with van der Waals surface area (Å²) in [7, 11) is 0. The zero-order valence-electron chi connectivity index (χ0n) is 28.5. The predicted octanol–water partition coefficient (Wildman–Crippen LogP) is 11.0. The normalized spacial score (nSPS) is 11.4. The summed E-state index contributed by atoms with van der Waals surface area (Å²) in [5.74, 6) is 1.44. The Morgan fingerprint density at radius 2 is 1.42 bits per heavy atom. The first-order chi connectivity index (χ1) is 22.6. The van der Waals surface area contributed by atoms with Gasteiger partial charge in [-0.15, -0.1) is 54.1 Å². The molecular weight excluding hydrogens is 769 g/mol. The second-order valence-corrected chi connectivity index (χ2v) is 13.4. The van der Waals surface area contributed by atoms with Crippen LogP contribution in [0.4, 0.5) is 0 Å². The third-order valence-electron chi connectivity index (χ3n) is 8.27. The third kappa shape index (κ3) is 7.31. The average molecular weight is 809 g/mol. The van der Waals surface area contributed by atoms with Crippen LogP contribution in [0.2, 0.25) is 0 Å². The van der Waals surface area contributed by atoms with Crippen LogP contribution < -0.4 is 0 Å². The molecule has 0 unspecified atom stereocenters. The van der Waals surface area contributed by atoms with Crippen molar-refractivity contribution in [1.82, 2.24) is 19.9 Å². The molecule has 0 aliphatic rings. The van der Waals surface area contributed by atoms with Crippen molar-refractivity contribution in [3.8, 4) is 33.9 Å². The number of hydrogen-bond donors (Lipinski definition) is 0. The van der Waals surface area contributed by atoms with E-state index in [2.05, 4.69) is 99.8 Å². The van der Waals surface area contributed by atoms with E-state index in [-0.39, 0.29) is 25.5 Å². The van der Waals surface area contributed by atoms with Crippen LogP contribution in [0.15, 0.2) is 108 Å². The van der Waals surface area contributed by atoms with Crippen molar-refractivity contribution in [1.29, 1.82) is 0 Å². The van der Waals surface area contributed by atoms with Crippen LogP contribution in [-0.2, 0) is 25.5 Å². The fraction of sp³-hybridized carbons (Fsp3) is 0.238. The van der Waals surface area contributed by atoms with E-state index in [1.54, 1.807) is 6.33 Å².